The van der Waals surface area contributed by atoms with Crippen LogP contribution in [0.25, 0.3) is 33.1 Å². The summed E-state index contributed by atoms with van der Waals surface area (Å²) >= 11 is 0. The number of nitrogens with zero attached hydrogens (tertiary/aromatic N) is 3. The van der Waals surface area contributed by atoms with Crippen LogP contribution >= 0.6 is 0 Å². The van der Waals surface area contributed by atoms with E-state index in [0.717, 1.165) is 22.4 Å². The fraction of sp³-hybridized carbons (Fsp3) is 0.120. The Morgan fingerprint density at radius 3 is 2.29 bits per heavy atom. The zero-order valence-corrected chi connectivity index (χ0v) is 16.7. The highest BCUT2D eigenvalue weighted by atomic mass is 19.4. The summed E-state index contributed by atoms with van der Waals surface area (Å²) in [6.07, 6.45) is -4.52. The molecule has 6 heteroatoms. The highest BCUT2D eigenvalue weighted by molar-refractivity contribution is 5.89. The van der Waals surface area contributed by atoms with Gasteiger partial charge < -0.3 is 0 Å². The van der Waals surface area contributed by atoms with Crippen LogP contribution < -0.4 is 0 Å². The van der Waals surface area contributed by atoms with Crippen molar-refractivity contribution in [2.75, 3.05) is 0 Å². The second-order valence-electron chi connectivity index (χ2n) is 7.54. The fourth-order valence-electron chi connectivity index (χ4n) is 3.94. The molecule has 0 aliphatic heterocycles. The molecule has 5 rings (SSSR count). The Labute approximate surface area is 176 Å². The summed E-state index contributed by atoms with van der Waals surface area (Å²) in [6.45, 7) is 1.94. The summed E-state index contributed by atoms with van der Waals surface area (Å²) in [5.74, 6) is 0. The molecule has 0 atom stereocenters. The summed E-state index contributed by atoms with van der Waals surface area (Å²) in [5, 5.41) is 6.42. The standard InChI is InChI=1S/C25H18F3N3/c1-16-23-21(25(26,27)28)14-22(20-12-11-18-9-5-6-10-19(18)13-20)29-24(23)31(30-16)15-17-7-3-2-4-8-17/h2-14H,15H2,1H3. The van der Waals surface area contributed by atoms with Crippen molar-refractivity contribution in [2.24, 2.45) is 0 Å². The summed E-state index contributed by atoms with van der Waals surface area (Å²) < 4.78 is 43.6. The maximum atomic E-state index is 14.0. The lowest BCUT2D eigenvalue weighted by atomic mass is 10.0. The zero-order chi connectivity index (χ0) is 21.6. The Balaban J connectivity index is 1.74. The van der Waals surface area contributed by atoms with Crippen LogP contribution in [0.2, 0.25) is 0 Å². The minimum Gasteiger partial charge on any atom is -0.243 e. The smallest absolute Gasteiger partial charge is 0.243 e. The first-order valence-electron chi connectivity index (χ1n) is 9.88. The second-order valence-corrected chi connectivity index (χ2v) is 7.54. The lowest BCUT2D eigenvalue weighted by Gasteiger charge is -2.12. The number of alkyl halides is 3. The fourth-order valence-corrected chi connectivity index (χ4v) is 3.94. The Morgan fingerprint density at radius 1 is 0.839 bits per heavy atom. The van der Waals surface area contributed by atoms with E-state index in [-0.39, 0.29) is 16.7 Å². The highest BCUT2D eigenvalue weighted by Gasteiger charge is 2.35. The molecule has 0 N–H and O–H groups in total. The average Bonchev–Trinajstić information content (AvgIpc) is 3.08. The van der Waals surface area contributed by atoms with Crippen LogP contribution in [0.1, 0.15) is 16.8 Å². The first kappa shape index (κ1) is 19.3. The molecule has 0 aliphatic carbocycles. The first-order valence-corrected chi connectivity index (χ1v) is 9.88. The lowest BCUT2D eigenvalue weighted by Crippen LogP contribution is -2.08. The van der Waals surface area contributed by atoms with Crippen molar-refractivity contribution in [3.8, 4) is 11.3 Å². The molecule has 3 aromatic carbocycles. The van der Waals surface area contributed by atoms with Gasteiger partial charge in [-0.15, -0.1) is 0 Å². The predicted octanol–water partition coefficient (Wildman–Crippen LogP) is 6.63. The van der Waals surface area contributed by atoms with Crippen LogP contribution in [0.15, 0.2) is 78.9 Å². The van der Waals surface area contributed by atoms with E-state index in [0.29, 0.717) is 17.8 Å². The number of halogens is 3. The SMILES string of the molecule is Cc1nn(Cc2ccccc2)c2nc(-c3ccc4ccccc4c3)cc(C(F)(F)F)c12. The Hall–Kier alpha value is -3.67. The molecule has 2 heterocycles. The van der Waals surface area contributed by atoms with E-state index in [9.17, 15) is 13.2 Å². The van der Waals surface area contributed by atoms with Gasteiger partial charge >= 0.3 is 6.18 Å². The number of aromatic nitrogens is 3. The van der Waals surface area contributed by atoms with E-state index >= 15 is 0 Å². The van der Waals surface area contributed by atoms with Gasteiger partial charge in [0.25, 0.3) is 0 Å². The molecular formula is C25H18F3N3. The molecule has 2 aromatic heterocycles. The second kappa shape index (κ2) is 7.23. The number of fused-ring (bicyclic) bond motifs is 2. The van der Waals surface area contributed by atoms with Gasteiger partial charge in [0.15, 0.2) is 5.65 Å². The van der Waals surface area contributed by atoms with Gasteiger partial charge in [-0.2, -0.15) is 18.3 Å². The highest BCUT2D eigenvalue weighted by Crippen LogP contribution is 2.38. The van der Waals surface area contributed by atoms with Gasteiger partial charge in [-0.3, -0.25) is 0 Å². The summed E-state index contributed by atoms with van der Waals surface area (Å²) in [6, 6.07) is 24.0. The van der Waals surface area contributed by atoms with E-state index in [2.05, 4.69) is 10.1 Å². The number of aryl methyl sites for hydroxylation is 1. The normalized spacial score (nSPS) is 12.0. The van der Waals surface area contributed by atoms with E-state index < -0.39 is 11.7 Å². The molecule has 0 aliphatic rings. The average molecular weight is 417 g/mol. The minimum absolute atomic E-state index is 0.0490. The van der Waals surface area contributed by atoms with E-state index in [1.807, 2.05) is 66.7 Å². The maximum absolute atomic E-state index is 14.0. The van der Waals surface area contributed by atoms with Crippen LogP contribution in [0.5, 0.6) is 0 Å². The van der Waals surface area contributed by atoms with Gasteiger partial charge in [0.05, 0.1) is 28.9 Å². The van der Waals surface area contributed by atoms with Crippen LogP contribution in [-0.4, -0.2) is 14.8 Å². The molecule has 0 radical (unpaired) electrons. The number of rotatable bonds is 3. The van der Waals surface area contributed by atoms with Crippen molar-refractivity contribution in [3.05, 3.63) is 95.7 Å². The van der Waals surface area contributed by atoms with Crippen molar-refractivity contribution in [2.45, 2.75) is 19.6 Å². The van der Waals surface area contributed by atoms with E-state index in [1.54, 1.807) is 17.7 Å². The number of benzene rings is 3. The summed E-state index contributed by atoms with van der Waals surface area (Å²) in [7, 11) is 0. The van der Waals surface area contributed by atoms with Gasteiger partial charge in [-0.05, 0) is 35.4 Å². The number of pyridine rings is 1. The number of hydrogen-bond acceptors (Lipinski definition) is 2. The predicted molar refractivity (Wildman–Crippen MR) is 116 cm³/mol. The molecule has 3 nitrogen and oxygen atoms in total. The van der Waals surface area contributed by atoms with Crippen LogP contribution in [0.3, 0.4) is 0 Å². The van der Waals surface area contributed by atoms with E-state index in [4.69, 9.17) is 0 Å². The quantitative estimate of drug-likeness (QED) is 0.330. The van der Waals surface area contributed by atoms with Crippen molar-refractivity contribution in [1.82, 2.24) is 14.8 Å². The largest absolute Gasteiger partial charge is 0.417 e. The van der Waals surface area contributed by atoms with Gasteiger partial charge in [-0.25, -0.2) is 9.67 Å². The minimum atomic E-state index is -4.52. The maximum Gasteiger partial charge on any atom is 0.417 e. The Bertz CT molecular complexity index is 1400. The monoisotopic (exact) mass is 417 g/mol. The molecule has 154 valence electrons. The molecule has 0 bridgehead atoms. The molecule has 0 unspecified atom stereocenters. The molecule has 5 aromatic rings. The van der Waals surface area contributed by atoms with Crippen molar-refractivity contribution >= 4 is 21.8 Å². The molecular weight excluding hydrogens is 399 g/mol. The molecule has 0 saturated heterocycles. The van der Waals surface area contributed by atoms with Crippen molar-refractivity contribution < 1.29 is 13.2 Å². The van der Waals surface area contributed by atoms with Crippen LogP contribution in [-0.2, 0) is 12.7 Å². The van der Waals surface area contributed by atoms with Crippen molar-refractivity contribution in [1.29, 1.82) is 0 Å². The Morgan fingerprint density at radius 2 is 1.55 bits per heavy atom. The van der Waals surface area contributed by atoms with Gasteiger partial charge in [0.1, 0.15) is 0 Å². The zero-order valence-electron chi connectivity index (χ0n) is 16.7. The third kappa shape index (κ3) is 3.54. The molecule has 0 amide bonds. The van der Waals surface area contributed by atoms with E-state index in [1.165, 1.54) is 0 Å². The topological polar surface area (TPSA) is 30.7 Å². The Kier molecular flexibility index (Phi) is 4.50. The van der Waals surface area contributed by atoms with Gasteiger partial charge in [0, 0.05) is 5.56 Å². The lowest BCUT2D eigenvalue weighted by molar-refractivity contribution is -0.136. The third-order valence-corrected chi connectivity index (χ3v) is 5.40. The van der Waals surface area contributed by atoms with Crippen LogP contribution in [0.4, 0.5) is 13.2 Å². The molecule has 31 heavy (non-hydrogen) atoms. The first-order chi connectivity index (χ1) is 14.9. The molecule has 0 saturated carbocycles. The van der Waals surface area contributed by atoms with Crippen LogP contribution in [0, 0.1) is 6.92 Å². The molecule has 0 spiro atoms. The van der Waals surface area contributed by atoms with Crippen molar-refractivity contribution in [3.63, 3.8) is 0 Å². The summed E-state index contributed by atoms with van der Waals surface area (Å²) in [4.78, 5) is 4.64. The third-order valence-electron chi connectivity index (χ3n) is 5.40. The van der Waals surface area contributed by atoms with Gasteiger partial charge in [-0.1, -0.05) is 66.7 Å². The van der Waals surface area contributed by atoms with Gasteiger partial charge in [0.2, 0.25) is 0 Å². The number of hydrogen-bond donors (Lipinski definition) is 0. The summed E-state index contributed by atoms with van der Waals surface area (Å²) in [5.41, 5.74) is 1.70. The molecule has 0 fully saturated rings.